The number of rotatable bonds is 8. The Bertz CT molecular complexity index is 78.3. The van der Waals surface area contributed by atoms with E-state index in [9.17, 15) is 0 Å². The van der Waals surface area contributed by atoms with Gasteiger partial charge in [0.25, 0.3) is 0 Å². The van der Waals surface area contributed by atoms with Gasteiger partial charge in [0.2, 0.25) is 0 Å². The van der Waals surface area contributed by atoms with Gasteiger partial charge < -0.3 is 0 Å². The first-order valence-electron chi connectivity index (χ1n) is 12.5. The van der Waals surface area contributed by atoms with Crippen molar-refractivity contribution in [2.24, 2.45) is 0 Å². The van der Waals surface area contributed by atoms with Crippen LogP contribution in [0.5, 0.6) is 0 Å². The van der Waals surface area contributed by atoms with Crippen molar-refractivity contribution in [2.75, 3.05) is 0 Å². The van der Waals surface area contributed by atoms with E-state index in [4.69, 9.17) is 0 Å². The van der Waals surface area contributed by atoms with Crippen molar-refractivity contribution in [2.45, 2.75) is 180 Å². The Balaban J connectivity index is -0.0000000356. The van der Waals surface area contributed by atoms with E-state index in [1.54, 1.807) is 0 Å². The first-order chi connectivity index (χ1) is 12.5. The van der Waals surface area contributed by atoms with E-state index in [2.05, 4.69) is 83.1 Å². The summed E-state index contributed by atoms with van der Waals surface area (Å²) in [5.74, 6) is 0. The zero-order chi connectivity index (χ0) is 21.9. The van der Waals surface area contributed by atoms with Crippen LogP contribution in [-0.2, 0) is 0 Å². The average molecular weight is 393 g/mol. The van der Waals surface area contributed by atoms with Crippen molar-refractivity contribution in [3.05, 3.63) is 0 Å². The maximum atomic E-state index is 2.21. The van der Waals surface area contributed by atoms with Gasteiger partial charge in [-0.2, -0.15) is 0 Å². The van der Waals surface area contributed by atoms with Crippen molar-refractivity contribution >= 4 is 0 Å². The number of unbranched alkanes of at least 4 members (excludes halogenated alkanes) is 8. The van der Waals surface area contributed by atoms with Gasteiger partial charge in [-0.25, -0.2) is 0 Å². The highest BCUT2D eigenvalue weighted by atomic mass is 13.8. The summed E-state index contributed by atoms with van der Waals surface area (Å²) in [5.41, 5.74) is 0. The van der Waals surface area contributed by atoms with Crippen LogP contribution < -0.4 is 0 Å². The summed E-state index contributed by atoms with van der Waals surface area (Å²) in [6, 6.07) is 0. The zero-order valence-electron chi connectivity index (χ0n) is 21.9. The van der Waals surface area contributed by atoms with E-state index in [0.717, 1.165) is 0 Å². The summed E-state index contributed by atoms with van der Waals surface area (Å²) in [4.78, 5) is 0. The highest BCUT2D eigenvalue weighted by Gasteiger charge is 1.69. The lowest BCUT2D eigenvalue weighted by Gasteiger charge is -1.79. The lowest BCUT2D eigenvalue weighted by atomic mass is 10.3. The second-order valence-electron chi connectivity index (χ2n) is 6.77. The first-order valence-corrected chi connectivity index (χ1v) is 12.5. The zero-order valence-corrected chi connectivity index (χ0v) is 21.9. The molecule has 176 valence electrons. The molecule has 0 saturated heterocycles. The minimum absolute atomic E-state index is 0. The van der Waals surface area contributed by atoms with Crippen molar-refractivity contribution in [1.29, 1.82) is 0 Å². The molecule has 0 aliphatic heterocycles. The summed E-state index contributed by atoms with van der Waals surface area (Å²) < 4.78 is 0. The molecule has 0 radical (unpaired) electrons. The molecule has 0 aromatic heterocycles. The highest BCUT2D eigenvalue weighted by Crippen LogP contribution is 1.89. The molecule has 0 saturated carbocycles. The van der Waals surface area contributed by atoms with E-state index in [1.807, 2.05) is 0 Å². The Morgan fingerprint density at radius 3 is 0.370 bits per heavy atom. The third kappa shape index (κ3) is 234. The lowest BCUT2D eigenvalue weighted by Crippen LogP contribution is -1.59. The van der Waals surface area contributed by atoms with E-state index < -0.39 is 0 Å². The van der Waals surface area contributed by atoms with E-state index in [0.29, 0.717) is 0 Å². The fraction of sp³-hybridized carbons (Fsp3) is 1.00. The summed E-state index contributed by atoms with van der Waals surface area (Å²) >= 11 is 0. The summed E-state index contributed by atoms with van der Waals surface area (Å²) in [5, 5.41) is 0. The fourth-order valence-electron chi connectivity index (χ4n) is 1.06. The Morgan fingerprint density at radius 2 is 0.370 bits per heavy atom. The standard InChI is InChI=1S/3C5H12.2C4H10.C3H8.CH4/c3*1-3-5-4-2;2*1-3-4-2;1-3-2;/h3*3-5H2,1-2H3;2*3-4H2,1-2H3;3H2,1-2H3;1H4. The fourth-order valence-corrected chi connectivity index (χ4v) is 1.06. The van der Waals surface area contributed by atoms with Gasteiger partial charge >= 0.3 is 0 Å². The molecule has 0 spiro atoms. The average Bonchev–Trinajstić information content (AvgIpc) is 2.66. The van der Waals surface area contributed by atoms with Gasteiger partial charge in [-0.3, -0.25) is 0 Å². The maximum absolute atomic E-state index is 2.21. The molecule has 0 rings (SSSR count). The molecule has 0 unspecified atom stereocenters. The van der Waals surface area contributed by atoms with Crippen LogP contribution in [0.3, 0.4) is 0 Å². The first kappa shape index (κ1) is 45.6. The molecule has 0 nitrogen and oxygen atoms in total. The van der Waals surface area contributed by atoms with Gasteiger partial charge in [-0.05, 0) is 0 Å². The van der Waals surface area contributed by atoms with Gasteiger partial charge in [0.15, 0.2) is 0 Å². The van der Waals surface area contributed by atoms with Gasteiger partial charge in [-0.15, -0.1) is 0 Å². The largest absolute Gasteiger partial charge is 0.0776 e. The van der Waals surface area contributed by atoms with Crippen molar-refractivity contribution in [3.8, 4) is 0 Å². The predicted molar refractivity (Wildman–Crippen MR) is 139 cm³/mol. The molecule has 0 aromatic rings. The molecule has 0 heteroatoms. The minimum Gasteiger partial charge on any atom is -0.0776 e. The highest BCUT2D eigenvalue weighted by molar-refractivity contribution is 4.25. The summed E-state index contributed by atoms with van der Waals surface area (Å²) in [6.07, 6.45) is 18.8. The van der Waals surface area contributed by atoms with Crippen LogP contribution in [0.1, 0.15) is 180 Å². The third-order valence-electron chi connectivity index (χ3n) is 3.12. The molecule has 0 aliphatic rings. The number of hydrogen-bond donors (Lipinski definition) is 0. The van der Waals surface area contributed by atoms with Crippen LogP contribution in [0, 0.1) is 0 Å². The number of hydrogen-bond acceptors (Lipinski definition) is 0. The SMILES string of the molecule is C.CCC.CCCC.CCCC.CCCCC.CCCCC.CCCCC. The van der Waals surface area contributed by atoms with Crippen molar-refractivity contribution in [3.63, 3.8) is 0 Å². The molecule has 0 atom stereocenters. The Labute approximate surface area is 180 Å². The van der Waals surface area contributed by atoms with E-state index in [-0.39, 0.29) is 7.43 Å². The van der Waals surface area contributed by atoms with Gasteiger partial charge in [0, 0.05) is 0 Å². The van der Waals surface area contributed by atoms with Crippen LogP contribution >= 0.6 is 0 Å². The van der Waals surface area contributed by atoms with Gasteiger partial charge in [0.1, 0.15) is 0 Å². The molecule has 0 heterocycles. The molecule has 0 bridgehead atoms. The Morgan fingerprint density at radius 1 is 0.259 bits per heavy atom. The summed E-state index contributed by atoms with van der Waals surface area (Å²) in [6.45, 7) is 26.2. The smallest absolute Gasteiger partial charge is 0.0538 e. The van der Waals surface area contributed by atoms with Crippen LogP contribution in [0.25, 0.3) is 0 Å². The molecule has 0 aromatic carbocycles. The molecule has 0 aliphatic carbocycles. The molecular weight excluding hydrogens is 324 g/mol. The lowest BCUT2D eigenvalue weighted by molar-refractivity contribution is 0.772. The molecule has 0 N–H and O–H groups in total. The third-order valence-corrected chi connectivity index (χ3v) is 3.12. The van der Waals surface area contributed by atoms with Crippen LogP contribution in [0.4, 0.5) is 0 Å². The molecule has 0 amide bonds. The quantitative estimate of drug-likeness (QED) is 0.385. The van der Waals surface area contributed by atoms with Crippen LogP contribution in [-0.4, -0.2) is 0 Å². The second-order valence-corrected chi connectivity index (χ2v) is 6.77. The van der Waals surface area contributed by atoms with Crippen molar-refractivity contribution in [1.82, 2.24) is 0 Å². The normalized spacial score (nSPS) is 7.56. The minimum atomic E-state index is 0. The maximum Gasteiger partial charge on any atom is -0.0538 e. The molecule has 0 fully saturated rings. The van der Waals surface area contributed by atoms with Crippen molar-refractivity contribution < 1.29 is 0 Å². The van der Waals surface area contributed by atoms with Gasteiger partial charge in [0.05, 0.1) is 0 Å². The second kappa shape index (κ2) is 82.9. The van der Waals surface area contributed by atoms with Crippen LogP contribution in [0.15, 0.2) is 0 Å². The monoisotopic (exact) mass is 393 g/mol. The molecular formula is C27H68. The van der Waals surface area contributed by atoms with E-state index >= 15 is 0 Å². The summed E-state index contributed by atoms with van der Waals surface area (Å²) in [7, 11) is 0. The van der Waals surface area contributed by atoms with Crippen LogP contribution in [0.2, 0.25) is 0 Å². The topological polar surface area (TPSA) is 0 Å². The van der Waals surface area contributed by atoms with E-state index in [1.165, 1.54) is 89.9 Å². The Kier molecular flexibility index (Phi) is 140. The predicted octanol–water partition coefficient (Wildman–Crippen LogP) is 12.3. The Hall–Kier alpha value is 0. The molecule has 27 heavy (non-hydrogen) atoms. The van der Waals surface area contributed by atoms with Gasteiger partial charge in [-0.1, -0.05) is 180 Å².